The third-order valence-corrected chi connectivity index (χ3v) is 4.38. The number of rotatable bonds is 3. The van der Waals surface area contributed by atoms with Crippen molar-refractivity contribution in [1.82, 2.24) is 10.2 Å². The predicted molar refractivity (Wildman–Crippen MR) is 68.3 cm³/mol. The normalized spacial score (nSPS) is 11.4. The van der Waals surface area contributed by atoms with Gasteiger partial charge in [-0.2, -0.15) is 13.5 Å². The van der Waals surface area contributed by atoms with Gasteiger partial charge in [0, 0.05) is 10.2 Å². The number of sulfonamides is 1. The van der Waals surface area contributed by atoms with Gasteiger partial charge in [-0.1, -0.05) is 15.9 Å². The maximum atomic E-state index is 11.9. The molecule has 2 rings (SSSR count). The van der Waals surface area contributed by atoms with E-state index in [4.69, 9.17) is 0 Å². The van der Waals surface area contributed by atoms with E-state index >= 15 is 0 Å². The molecule has 0 unspecified atom stereocenters. The minimum atomic E-state index is -3.58. The summed E-state index contributed by atoms with van der Waals surface area (Å²) in [6, 6.07) is 6.62. The molecule has 0 atom stereocenters. The Balaban J connectivity index is 2.30. The number of nitrogens with one attached hydrogen (secondary N) is 2. The van der Waals surface area contributed by atoms with Gasteiger partial charge in [0.15, 0.2) is 5.03 Å². The summed E-state index contributed by atoms with van der Waals surface area (Å²) in [5.74, 6) is 0. The monoisotopic (exact) mass is 315 g/mol. The molecule has 0 bridgehead atoms. The first-order chi connectivity index (χ1) is 7.99. The topological polar surface area (TPSA) is 74.8 Å². The number of aromatic nitrogens is 2. The molecule has 0 saturated heterocycles. The van der Waals surface area contributed by atoms with E-state index < -0.39 is 10.0 Å². The van der Waals surface area contributed by atoms with Gasteiger partial charge in [0.05, 0.1) is 6.20 Å². The van der Waals surface area contributed by atoms with Gasteiger partial charge < -0.3 is 0 Å². The SMILES string of the molecule is Cc1cc(NS(=O)(=O)c2ccn[nH]2)ccc1Br. The summed E-state index contributed by atoms with van der Waals surface area (Å²) >= 11 is 3.35. The van der Waals surface area contributed by atoms with E-state index in [1.165, 1.54) is 12.3 Å². The molecule has 0 aliphatic heterocycles. The number of nitrogens with zero attached hydrogens (tertiary/aromatic N) is 1. The number of hydrogen-bond acceptors (Lipinski definition) is 3. The van der Waals surface area contributed by atoms with Gasteiger partial charge in [-0.3, -0.25) is 9.82 Å². The number of halogens is 1. The second-order valence-corrected chi connectivity index (χ2v) is 6.00. The van der Waals surface area contributed by atoms with Crippen molar-refractivity contribution in [3.63, 3.8) is 0 Å². The Kier molecular flexibility index (Phi) is 3.21. The summed E-state index contributed by atoms with van der Waals surface area (Å²) in [7, 11) is -3.58. The number of anilines is 1. The minimum absolute atomic E-state index is 0.0399. The summed E-state index contributed by atoms with van der Waals surface area (Å²) in [4.78, 5) is 0. The van der Waals surface area contributed by atoms with Gasteiger partial charge in [-0.05, 0) is 36.8 Å². The van der Waals surface area contributed by atoms with Crippen LogP contribution in [0.1, 0.15) is 5.56 Å². The molecule has 7 heteroatoms. The van der Waals surface area contributed by atoms with E-state index in [9.17, 15) is 8.42 Å². The van der Waals surface area contributed by atoms with Crippen LogP contribution in [0.5, 0.6) is 0 Å². The second kappa shape index (κ2) is 4.50. The quantitative estimate of drug-likeness (QED) is 0.912. The maximum Gasteiger partial charge on any atom is 0.278 e. The van der Waals surface area contributed by atoms with E-state index in [0.717, 1.165) is 10.0 Å². The molecule has 1 aromatic carbocycles. The summed E-state index contributed by atoms with van der Waals surface area (Å²) < 4.78 is 27.1. The molecule has 0 spiro atoms. The first-order valence-electron chi connectivity index (χ1n) is 4.77. The first-order valence-corrected chi connectivity index (χ1v) is 7.05. The van der Waals surface area contributed by atoms with Crippen LogP contribution in [0.3, 0.4) is 0 Å². The smallest absolute Gasteiger partial charge is 0.278 e. The van der Waals surface area contributed by atoms with Crippen molar-refractivity contribution in [2.24, 2.45) is 0 Å². The highest BCUT2D eigenvalue weighted by molar-refractivity contribution is 9.10. The lowest BCUT2D eigenvalue weighted by atomic mass is 10.2. The van der Waals surface area contributed by atoms with E-state index in [1.54, 1.807) is 18.2 Å². The molecule has 90 valence electrons. The summed E-state index contributed by atoms with van der Waals surface area (Å²) in [6.07, 6.45) is 1.39. The highest BCUT2D eigenvalue weighted by Gasteiger charge is 2.15. The maximum absolute atomic E-state index is 11.9. The van der Waals surface area contributed by atoms with E-state index in [-0.39, 0.29) is 5.03 Å². The minimum Gasteiger partial charge on any atom is -0.278 e. The molecule has 0 aliphatic rings. The number of aryl methyl sites for hydroxylation is 1. The number of benzene rings is 1. The summed E-state index contributed by atoms with van der Waals surface area (Å²) in [5.41, 5.74) is 1.47. The zero-order valence-electron chi connectivity index (χ0n) is 8.94. The van der Waals surface area contributed by atoms with Gasteiger partial charge in [0.25, 0.3) is 10.0 Å². The Labute approximate surface area is 107 Å². The van der Waals surface area contributed by atoms with Crippen molar-refractivity contribution in [3.8, 4) is 0 Å². The highest BCUT2D eigenvalue weighted by atomic mass is 79.9. The molecular weight excluding hydrogens is 306 g/mol. The van der Waals surface area contributed by atoms with Crippen LogP contribution in [0.25, 0.3) is 0 Å². The fourth-order valence-corrected chi connectivity index (χ4v) is 2.52. The van der Waals surface area contributed by atoms with Gasteiger partial charge in [0.1, 0.15) is 0 Å². The third kappa shape index (κ3) is 2.67. The molecule has 0 radical (unpaired) electrons. The van der Waals surface area contributed by atoms with Crippen LogP contribution in [0.2, 0.25) is 0 Å². The average molecular weight is 316 g/mol. The fourth-order valence-electron chi connectivity index (χ4n) is 1.31. The Morgan fingerprint density at radius 3 is 2.71 bits per heavy atom. The molecule has 17 heavy (non-hydrogen) atoms. The largest absolute Gasteiger partial charge is 0.278 e. The molecular formula is C10H10BrN3O2S. The molecule has 0 saturated carbocycles. The van der Waals surface area contributed by atoms with Crippen molar-refractivity contribution < 1.29 is 8.42 Å². The lowest BCUT2D eigenvalue weighted by Crippen LogP contribution is -2.13. The number of hydrogen-bond donors (Lipinski definition) is 2. The van der Waals surface area contributed by atoms with Crippen LogP contribution >= 0.6 is 15.9 Å². The summed E-state index contributed by atoms with van der Waals surface area (Å²) in [5, 5.41) is 6.06. The van der Waals surface area contributed by atoms with Gasteiger partial charge in [-0.15, -0.1) is 0 Å². The molecule has 0 fully saturated rings. The van der Waals surface area contributed by atoms with Crippen LogP contribution in [-0.4, -0.2) is 18.6 Å². The Morgan fingerprint density at radius 2 is 2.12 bits per heavy atom. The van der Waals surface area contributed by atoms with E-state index in [1.807, 2.05) is 6.92 Å². The lowest BCUT2D eigenvalue weighted by molar-refractivity contribution is 0.597. The van der Waals surface area contributed by atoms with Crippen molar-refractivity contribution in [3.05, 3.63) is 40.5 Å². The van der Waals surface area contributed by atoms with Crippen LogP contribution in [0.4, 0.5) is 5.69 Å². The molecule has 0 amide bonds. The molecule has 5 nitrogen and oxygen atoms in total. The van der Waals surface area contributed by atoms with E-state index in [0.29, 0.717) is 5.69 Å². The second-order valence-electron chi connectivity index (χ2n) is 3.49. The highest BCUT2D eigenvalue weighted by Crippen LogP contribution is 2.21. The Bertz CT molecular complexity index is 623. The number of aromatic amines is 1. The Hall–Kier alpha value is -1.34. The lowest BCUT2D eigenvalue weighted by Gasteiger charge is -2.07. The molecule has 1 aromatic heterocycles. The van der Waals surface area contributed by atoms with Gasteiger partial charge in [0.2, 0.25) is 0 Å². The standard InChI is InChI=1S/C10H10BrN3O2S/c1-7-6-8(2-3-9(7)11)14-17(15,16)10-4-5-12-13-10/h2-6,14H,1H3,(H,12,13). The molecule has 0 aliphatic carbocycles. The van der Waals surface area contributed by atoms with Crippen molar-refractivity contribution in [1.29, 1.82) is 0 Å². The van der Waals surface area contributed by atoms with Gasteiger partial charge >= 0.3 is 0 Å². The molecule has 1 heterocycles. The van der Waals surface area contributed by atoms with E-state index in [2.05, 4.69) is 30.8 Å². The summed E-state index contributed by atoms with van der Waals surface area (Å²) in [6.45, 7) is 1.89. The van der Waals surface area contributed by atoms with Crippen LogP contribution in [-0.2, 0) is 10.0 Å². The third-order valence-electron chi connectivity index (χ3n) is 2.17. The predicted octanol–water partition coefficient (Wildman–Crippen LogP) is 2.28. The van der Waals surface area contributed by atoms with Crippen LogP contribution in [0, 0.1) is 6.92 Å². The van der Waals surface area contributed by atoms with Crippen molar-refractivity contribution in [2.45, 2.75) is 11.9 Å². The molecule has 2 aromatic rings. The van der Waals surface area contributed by atoms with Crippen LogP contribution < -0.4 is 4.72 Å². The number of H-pyrrole nitrogens is 1. The van der Waals surface area contributed by atoms with Gasteiger partial charge in [-0.25, -0.2) is 0 Å². The molecule has 2 N–H and O–H groups in total. The van der Waals surface area contributed by atoms with Crippen molar-refractivity contribution >= 4 is 31.6 Å². The Morgan fingerprint density at radius 1 is 1.35 bits per heavy atom. The first kappa shape index (κ1) is 12.1. The average Bonchev–Trinajstić information content (AvgIpc) is 2.77. The zero-order chi connectivity index (χ0) is 12.5. The van der Waals surface area contributed by atoms with Crippen molar-refractivity contribution in [2.75, 3.05) is 4.72 Å². The van der Waals surface area contributed by atoms with Crippen LogP contribution in [0.15, 0.2) is 40.0 Å². The zero-order valence-corrected chi connectivity index (χ0v) is 11.3. The fraction of sp³-hybridized carbons (Fsp3) is 0.100.